The number of hydrogen-bond acceptors (Lipinski definition) is 7. The molecule has 0 bridgehead atoms. The number of rotatable bonds is 8. The second kappa shape index (κ2) is 10.4. The SMILES string of the molecule is COc1ccc(-n2c(Cc3cc(=O)[nH]c(=O)[nH]3)nnc2SCC(=O)Nc2ccc(Cl)cc2)cc1. The summed E-state index contributed by atoms with van der Waals surface area (Å²) >= 11 is 7.08. The van der Waals surface area contributed by atoms with Gasteiger partial charge in [-0.05, 0) is 48.5 Å². The average molecular weight is 499 g/mol. The third-order valence-electron chi connectivity index (χ3n) is 4.66. The largest absolute Gasteiger partial charge is 0.497 e. The molecule has 2 aromatic carbocycles. The molecule has 10 nitrogen and oxygen atoms in total. The molecule has 0 aliphatic heterocycles. The topological polar surface area (TPSA) is 135 Å². The quantitative estimate of drug-likeness (QED) is 0.318. The first-order valence-electron chi connectivity index (χ1n) is 10.0. The zero-order valence-corrected chi connectivity index (χ0v) is 19.4. The van der Waals surface area contributed by atoms with Crippen molar-refractivity contribution in [3.8, 4) is 11.4 Å². The van der Waals surface area contributed by atoms with Gasteiger partial charge in [-0.15, -0.1) is 10.2 Å². The number of halogens is 1. The molecule has 0 saturated carbocycles. The lowest BCUT2D eigenvalue weighted by molar-refractivity contribution is -0.113. The van der Waals surface area contributed by atoms with Crippen molar-refractivity contribution in [1.82, 2.24) is 24.7 Å². The van der Waals surface area contributed by atoms with Gasteiger partial charge in [-0.1, -0.05) is 23.4 Å². The van der Waals surface area contributed by atoms with E-state index in [0.717, 1.165) is 5.69 Å². The van der Waals surface area contributed by atoms with Crippen LogP contribution in [0.3, 0.4) is 0 Å². The number of amides is 1. The molecule has 0 atom stereocenters. The highest BCUT2D eigenvalue weighted by atomic mass is 35.5. The van der Waals surface area contributed by atoms with Gasteiger partial charge in [-0.3, -0.25) is 19.1 Å². The summed E-state index contributed by atoms with van der Waals surface area (Å²) in [4.78, 5) is 40.5. The Balaban J connectivity index is 1.59. The number of nitrogens with one attached hydrogen (secondary N) is 3. The van der Waals surface area contributed by atoms with Crippen molar-refractivity contribution < 1.29 is 9.53 Å². The van der Waals surface area contributed by atoms with Crippen LogP contribution in [-0.4, -0.2) is 43.5 Å². The average Bonchev–Trinajstić information content (AvgIpc) is 3.21. The summed E-state index contributed by atoms with van der Waals surface area (Å²) in [5.74, 6) is 1.01. The number of aromatic nitrogens is 5. The second-order valence-corrected chi connectivity index (χ2v) is 8.44. The monoisotopic (exact) mass is 498 g/mol. The number of hydrogen-bond donors (Lipinski definition) is 3. The maximum Gasteiger partial charge on any atom is 0.325 e. The number of carbonyl (C=O) groups excluding carboxylic acids is 1. The van der Waals surface area contributed by atoms with E-state index in [9.17, 15) is 14.4 Å². The maximum atomic E-state index is 12.5. The lowest BCUT2D eigenvalue weighted by Gasteiger charge is -2.11. The molecule has 0 saturated heterocycles. The smallest absolute Gasteiger partial charge is 0.325 e. The number of nitrogens with zero attached hydrogens (tertiary/aromatic N) is 3. The normalized spacial score (nSPS) is 10.8. The molecule has 174 valence electrons. The number of carbonyl (C=O) groups is 1. The fourth-order valence-corrected chi connectivity index (χ4v) is 4.04. The van der Waals surface area contributed by atoms with E-state index in [1.807, 2.05) is 12.1 Å². The molecule has 2 aromatic heterocycles. The highest BCUT2D eigenvalue weighted by molar-refractivity contribution is 7.99. The molecule has 0 aliphatic carbocycles. The van der Waals surface area contributed by atoms with E-state index in [-0.39, 0.29) is 18.1 Å². The predicted octanol–water partition coefficient (Wildman–Crippen LogP) is 2.63. The van der Waals surface area contributed by atoms with Crippen LogP contribution >= 0.6 is 23.4 Å². The Labute approximate surface area is 202 Å². The maximum absolute atomic E-state index is 12.5. The van der Waals surface area contributed by atoms with Gasteiger partial charge in [0.25, 0.3) is 5.56 Å². The number of H-pyrrole nitrogens is 2. The minimum absolute atomic E-state index is 0.0821. The number of aromatic amines is 2. The first kappa shape index (κ1) is 23.3. The third kappa shape index (κ3) is 5.74. The summed E-state index contributed by atoms with van der Waals surface area (Å²) in [6.07, 6.45) is 0.149. The minimum Gasteiger partial charge on any atom is -0.497 e. The van der Waals surface area contributed by atoms with E-state index >= 15 is 0 Å². The van der Waals surface area contributed by atoms with E-state index in [4.69, 9.17) is 16.3 Å². The fraction of sp³-hybridized carbons (Fsp3) is 0.136. The number of ether oxygens (including phenoxy) is 1. The number of methoxy groups -OCH3 is 1. The number of benzene rings is 2. The van der Waals surface area contributed by atoms with Gasteiger partial charge in [0.05, 0.1) is 12.9 Å². The summed E-state index contributed by atoms with van der Waals surface area (Å²) in [5.41, 5.74) is 0.626. The molecule has 1 amide bonds. The van der Waals surface area contributed by atoms with Gasteiger partial charge in [0, 0.05) is 34.6 Å². The first-order chi connectivity index (χ1) is 16.4. The van der Waals surface area contributed by atoms with Crippen molar-refractivity contribution >= 4 is 35.0 Å². The summed E-state index contributed by atoms with van der Waals surface area (Å²) in [5, 5.41) is 12.3. The van der Waals surface area contributed by atoms with E-state index < -0.39 is 11.2 Å². The van der Waals surface area contributed by atoms with Gasteiger partial charge in [-0.25, -0.2) is 4.79 Å². The summed E-state index contributed by atoms with van der Waals surface area (Å²) in [6, 6.07) is 15.3. The van der Waals surface area contributed by atoms with Gasteiger partial charge in [0.1, 0.15) is 11.6 Å². The number of anilines is 1. The Morgan fingerprint density at radius 1 is 1.09 bits per heavy atom. The van der Waals surface area contributed by atoms with Crippen LogP contribution in [0.1, 0.15) is 11.5 Å². The minimum atomic E-state index is -0.605. The first-order valence-corrected chi connectivity index (χ1v) is 11.4. The van der Waals surface area contributed by atoms with E-state index in [0.29, 0.717) is 33.1 Å². The third-order valence-corrected chi connectivity index (χ3v) is 5.84. The summed E-state index contributed by atoms with van der Waals surface area (Å²) < 4.78 is 6.99. The fourth-order valence-electron chi connectivity index (χ4n) is 3.14. The number of thioether (sulfide) groups is 1. The molecule has 0 fully saturated rings. The second-order valence-electron chi connectivity index (χ2n) is 7.07. The Morgan fingerprint density at radius 3 is 2.50 bits per heavy atom. The van der Waals surface area contributed by atoms with Crippen LogP contribution in [0.25, 0.3) is 5.69 Å². The lowest BCUT2D eigenvalue weighted by atomic mass is 10.2. The molecule has 4 rings (SSSR count). The molecule has 2 heterocycles. The van der Waals surface area contributed by atoms with E-state index in [2.05, 4.69) is 25.5 Å². The standard InChI is InChI=1S/C22H19ClN6O4S/c1-33-17-8-6-16(7-9-17)29-18(10-15-11-19(30)26-21(32)25-15)27-28-22(29)34-12-20(31)24-14-4-2-13(23)3-5-14/h2-9,11H,10,12H2,1H3,(H,24,31)(H2,25,26,30,32). The molecule has 0 aliphatic rings. The molecule has 0 unspecified atom stereocenters. The van der Waals surface area contributed by atoms with Crippen LogP contribution < -0.4 is 21.3 Å². The van der Waals surface area contributed by atoms with Crippen molar-refractivity contribution in [2.75, 3.05) is 18.2 Å². The highest BCUT2D eigenvalue weighted by Gasteiger charge is 2.17. The van der Waals surface area contributed by atoms with Crippen molar-refractivity contribution in [3.63, 3.8) is 0 Å². The van der Waals surface area contributed by atoms with Gasteiger partial charge in [0.2, 0.25) is 5.91 Å². The van der Waals surface area contributed by atoms with Gasteiger partial charge >= 0.3 is 5.69 Å². The van der Waals surface area contributed by atoms with Gasteiger partial charge < -0.3 is 15.0 Å². The Hall–Kier alpha value is -3.83. The van der Waals surface area contributed by atoms with Crippen LogP contribution in [0.4, 0.5) is 5.69 Å². The van der Waals surface area contributed by atoms with Crippen molar-refractivity contribution in [1.29, 1.82) is 0 Å². The van der Waals surface area contributed by atoms with Crippen LogP contribution in [-0.2, 0) is 11.2 Å². The highest BCUT2D eigenvalue weighted by Crippen LogP contribution is 2.25. The zero-order valence-electron chi connectivity index (χ0n) is 17.9. The van der Waals surface area contributed by atoms with Crippen molar-refractivity contribution in [2.45, 2.75) is 11.6 Å². The zero-order chi connectivity index (χ0) is 24.1. The van der Waals surface area contributed by atoms with E-state index in [1.54, 1.807) is 48.1 Å². The van der Waals surface area contributed by atoms with Gasteiger partial charge in [-0.2, -0.15) is 0 Å². The Morgan fingerprint density at radius 2 is 1.82 bits per heavy atom. The molecule has 0 radical (unpaired) electrons. The summed E-state index contributed by atoms with van der Waals surface area (Å²) in [6.45, 7) is 0. The lowest BCUT2D eigenvalue weighted by Crippen LogP contribution is -2.23. The van der Waals surface area contributed by atoms with E-state index in [1.165, 1.54) is 17.8 Å². The molecule has 4 aromatic rings. The molecular formula is C22H19ClN6O4S. The molecule has 34 heavy (non-hydrogen) atoms. The summed E-state index contributed by atoms with van der Waals surface area (Å²) in [7, 11) is 1.57. The molecule has 12 heteroatoms. The Bertz CT molecular complexity index is 1380. The van der Waals surface area contributed by atoms with Gasteiger partial charge in [0.15, 0.2) is 5.16 Å². The van der Waals surface area contributed by atoms with Crippen LogP contribution in [0, 0.1) is 0 Å². The van der Waals surface area contributed by atoms with Crippen molar-refractivity contribution in [2.24, 2.45) is 0 Å². The van der Waals surface area contributed by atoms with Crippen LogP contribution in [0.5, 0.6) is 5.75 Å². The predicted molar refractivity (Wildman–Crippen MR) is 129 cm³/mol. The molecule has 0 spiro atoms. The van der Waals surface area contributed by atoms with Crippen LogP contribution in [0.15, 0.2) is 69.3 Å². The molecule has 3 N–H and O–H groups in total. The Kier molecular flexibility index (Phi) is 7.14. The van der Waals surface area contributed by atoms with Crippen molar-refractivity contribution in [3.05, 3.63) is 92.0 Å². The molecular weight excluding hydrogens is 480 g/mol. The van der Waals surface area contributed by atoms with Crippen LogP contribution in [0.2, 0.25) is 5.02 Å².